The molecule has 0 saturated heterocycles. The summed E-state index contributed by atoms with van der Waals surface area (Å²) in [6, 6.07) is 8.18. The number of carbonyl (C=O) groups is 1. The van der Waals surface area contributed by atoms with Gasteiger partial charge >= 0.3 is 6.09 Å². The van der Waals surface area contributed by atoms with Crippen LogP contribution >= 0.6 is 23.5 Å². The summed E-state index contributed by atoms with van der Waals surface area (Å²) >= 11 is 2.18. The maximum absolute atomic E-state index is 11.9. The van der Waals surface area contributed by atoms with Gasteiger partial charge in [0.15, 0.2) is 5.00 Å². The summed E-state index contributed by atoms with van der Waals surface area (Å²) < 4.78 is 10.7. The van der Waals surface area contributed by atoms with E-state index in [-0.39, 0.29) is 5.41 Å². The molecule has 0 fully saturated rings. The molecule has 2 N–H and O–H groups in total. The van der Waals surface area contributed by atoms with Gasteiger partial charge in [0, 0.05) is 29.9 Å². The van der Waals surface area contributed by atoms with Gasteiger partial charge in [0.25, 0.3) is 0 Å². The van der Waals surface area contributed by atoms with E-state index in [9.17, 15) is 10.0 Å². The molecular weight excluding hydrogens is 482 g/mol. The van der Waals surface area contributed by atoms with Crippen molar-refractivity contribution < 1.29 is 14.7 Å². The number of imidazole rings is 1. The number of unbranched alkanes of at least 4 members (excludes halogenated alkanes) is 1. The fourth-order valence-corrected chi connectivity index (χ4v) is 5.12. The summed E-state index contributed by atoms with van der Waals surface area (Å²) in [5, 5.41) is 12.2. The molecule has 0 bridgehead atoms. The summed E-state index contributed by atoms with van der Waals surface area (Å²) in [6.07, 6.45) is 6.77. The van der Waals surface area contributed by atoms with Gasteiger partial charge in [-0.3, -0.25) is 5.21 Å². The van der Waals surface area contributed by atoms with Crippen molar-refractivity contribution in [1.29, 1.82) is 0 Å². The quantitative estimate of drug-likeness (QED) is 0.168. The van der Waals surface area contributed by atoms with E-state index in [1.54, 1.807) is 0 Å². The van der Waals surface area contributed by atoms with Gasteiger partial charge in [0.05, 0.1) is 11.6 Å². The van der Waals surface area contributed by atoms with Crippen molar-refractivity contribution in [3.05, 3.63) is 53.1 Å². The third-order valence-corrected chi connectivity index (χ3v) is 7.02. The molecule has 0 atom stereocenters. The van der Waals surface area contributed by atoms with Crippen LogP contribution in [0.15, 0.2) is 36.7 Å². The Morgan fingerprint density at radius 2 is 1.97 bits per heavy atom. The van der Waals surface area contributed by atoms with E-state index < -0.39 is 6.09 Å². The Balaban J connectivity index is 1.75. The zero-order valence-electron chi connectivity index (χ0n) is 21.1. The predicted octanol–water partition coefficient (Wildman–Crippen LogP) is 6.59. The zero-order chi connectivity index (χ0) is 25.4. The molecule has 0 aliphatic rings. The molecule has 0 aliphatic heterocycles. The number of anilines is 1. The first-order chi connectivity index (χ1) is 16.7. The minimum atomic E-state index is -0.583. The van der Waals surface area contributed by atoms with Crippen LogP contribution in [0.1, 0.15) is 70.3 Å². The van der Waals surface area contributed by atoms with Crippen molar-refractivity contribution in [2.45, 2.75) is 72.3 Å². The molecule has 2 heterocycles. The van der Waals surface area contributed by atoms with Gasteiger partial charge in [-0.1, -0.05) is 76.6 Å². The predicted molar refractivity (Wildman–Crippen MR) is 143 cm³/mol. The van der Waals surface area contributed by atoms with Crippen LogP contribution in [0.2, 0.25) is 0 Å². The van der Waals surface area contributed by atoms with Crippen LogP contribution in [0.3, 0.4) is 0 Å². The standard InChI is InChI=1S/C25H35N5O3S2/c1-6-8-16-33-24(31)28-35-30(32)22-21(27-20(34-22)9-7-2)19-12-10-18(11-13-19)17-29-15-14-26-23(29)25(3,4)5/h10-15,32H,6-9,16-17H2,1-5H3,(H,28,31). The minimum absolute atomic E-state index is 0.0344. The van der Waals surface area contributed by atoms with Crippen LogP contribution in [0.25, 0.3) is 11.3 Å². The summed E-state index contributed by atoms with van der Waals surface area (Å²) in [6.45, 7) is 11.7. The SMILES string of the molecule is CCCCOC(=O)NSN(O)c1sc(CCC)nc1-c1ccc(Cn2ccnc2C(C)(C)C)cc1. The Morgan fingerprint density at radius 3 is 2.63 bits per heavy atom. The Kier molecular flexibility index (Phi) is 9.59. The van der Waals surface area contributed by atoms with Crippen LogP contribution < -0.4 is 9.19 Å². The van der Waals surface area contributed by atoms with Gasteiger partial charge in [-0.2, -0.15) is 4.47 Å². The summed E-state index contributed by atoms with van der Waals surface area (Å²) in [7, 11) is 0. The molecule has 2 aromatic heterocycles. The van der Waals surface area contributed by atoms with Crippen LogP contribution in [0, 0.1) is 0 Å². The monoisotopic (exact) mass is 517 g/mol. The third-order valence-electron chi connectivity index (χ3n) is 5.20. The fraction of sp³-hybridized carbons (Fsp3) is 0.480. The number of aryl methyl sites for hydroxylation is 1. The smallest absolute Gasteiger partial charge is 0.418 e. The number of aromatic nitrogens is 3. The number of ether oxygens (including phenoxy) is 1. The number of carbonyl (C=O) groups excluding carboxylic acids is 1. The Hall–Kier alpha value is -2.56. The minimum Gasteiger partial charge on any atom is -0.449 e. The lowest BCUT2D eigenvalue weighted by atomic mass is 9.95. The second-order valence-electron chi connectivity index (χ2n) is 9.29. The number of hydrogen-bond acceptors (Lipinski definition) is 8. The average molecular weight is 518 g/mol. The lowest BCUT2D eigenvalue weighted by Gasteiger charge is -2.20. The topological polar surface area (TPSA) is 92.5 Å². The first-order valence-corrected chi connectivity index (χ1v) is 13.5. The van der Waals surface area contributed by atoms with Crippen molar-refractivity contribution in [2.24, 2.45) is 0 Å². The second kappa shape index (κ2) is 12.4. The molecule has 0 saturated carbocycles. The largest absolute Gasteiger partial charge is 0.449 e. The molecule has 35 heavy (non-hydrogen) atoms. The van der Waals surface area contributed by atoms with E-state index in [1.807, 2.05) is 31.5 Å². The van der Waals surface area contributed by atoms with Crippen molar-refractivity contribution in [2.75, 3.05) is 11.1 Å². The lowest BCUT2D eigenvalue weighted by molar-refractivity contribution is 0.151. The molecule has 0 radical (unpaired) electrons. The molecule has 0 unspecified atom stereocenters. The van der Waals surface area contributed by atoms with Gasteiger partial charge in [0.1, 0.15) is 23.7 Å². The van der Waals surface area contributed by atoms with Crippen molar-refractivity contribution >= 4 is 34.6 Å². The van der Waals surface area contributed by atoms with E-state index in [0.29, 0.717) is 17.3 Å². The lowest BCUT2D eigenvalue weighted by Crippen LogP contribution is -2.23. The van der Waals surface area contributed by atoms with Gasteiger partial charge in [-0.15, -0.1) is 0 Å². The fourth-order valence-electron chi connectivity index (χ4n) is 3.50. The highest BCUT2D eigenvalue weighted by atomic mass is 32.2. The molecule has 190 valence electrons. The molecule has 3 aromatic rings. The zero-order valence-corrected chi connectivity index (χ0v) is 22.7. The molecule has 3 rings (SSSR count). The molecular formula is C25H35N5O3S2. The van der Waals surface area contributed by atoms with Gasteiger partial charge < -0.3 is 9.30 Å². The van der Waals surface area contributed by atoms with Crippen LogP contribution in [-0.4, -0.2) is 32.4 Å². The maximum atomic E-state index is 11.9. The Bertz CT molecular complexity index is 1090. The molecule has 8 nitrogen and oxygen atoms in total. The number of amides is 1. The number of nitrogens with one attached hydrogen (secondary N) is 1. The van der Waals surface area contributed by atoms with E-state index in [0.717, 1.165) is 70.8 Å². The van der Waals surface area contributed by atoms with E-state index in [1.165, 1.54) is 11.3 Å². The van der Waals surface area contributed by atoms with Gasteiger partial charge in [0.2, 0.25) is 0 Å². The highest BCUT2D eigenvalue weighted by molar-refractivity contribution is 7.99. The normalized spacial score (nSPS) is 11.5. The van der Waals surface area contributed by atoms with E-state index in [2.05, 4.69) is 54.1 Å². The number of thiazole rings is 1. The highest BCUT2D eigenvalue weighted by Crippen LogP contribution is 2.38. The average Bonchev–Trinajstić information content (AvgIpc) is 3.46. The first kappa shape index (κ1) is 27.0. The number of nitrogens with zero attached hydrogens (tertiary/aromatic N) is 4. The summed E-state index contributed by atoms with van der Waals surface area (Å²) in [5.74, 6) is 1.04. The summed E-state index contributed by atoms with van der Waals surface area (Å²) in [4.78, 5) is 21.2. The third kappa shape index (κ3) is 7.46. The van der Waals surface area contributed by atoms with Crippen LogP contribution in [0.5, 0.6) is 0 Å². The molecule has 10 heteroatoms. The number of benzene rings is 1. The maximum Gasteiger partial charge on any atom is 0.418 e. The molecule has 1 amide bonds. The van der Waals surface area contributed by atoms with Crippen molar-refractivity contribution in [3.63, 3.8) is 0 Å². The van der Waals surface area contributed by atoms with Crippen molar-refractivity contribution in [3.8, 4) is 11.3 Å². The van der Waals surface area contributed by atoms with Crippen LogP contribution in [-0.2, 0) is 23.1 Å². The first-order valence-electron chi connectivity index (χ1n) is 11.9. The molecule has 1 aromatic carbocycles. The van der Waals surface area contributed by atoms with Gasteiger partial charge in [-0.25, -0.2) is 19.5 Å². The summed E-state index contributed by atoms with van der Waals surface area (Å²) in [5.41, 5.74) is 2.69. The molecule has 0 aliphatic carbocycles. The Labute approximate surface area is 216 Å². The number of rotatable bonds is 11. The molecule has 0 spiro atoms. The van der Waals surface area contributed by atoms with Crippen LogP contribution in [0.4, 0.5) is 9.80 Å². The van der Waals surface area contributed by atoms with Crippen molar-refractivity contribution in [1.82, 2.24) is 19.3 Å². The van der Waals surface area contributed by atoms with E-state index >= 15 is 0 Å². The Morgan fingerprint density at radius 1 is 1.23 bits per heavy atom. The number of hydrogen-bond donors (Lipinski definition) is 2. The van der Waals surface area contributed by atoms with Gasteiger partial charge in [-0.05, 0) is 24.8 Å². The van der Waals surface area contributed by atoms with E-state index in [4.69, 9.17) is 9.72 Å². The highest BCUT2D eigenvalue weighted by Gasteiger charge is 2.21. The second-order valence-corrected chi connectivity index (χ2v) is 11.1.